The number of alkyl halides is 3. The Labute approximate surface area is 125 Å². The summed E-state index contributed by atoms with van der Waals surface area (Å²) in [6.07, 6.45) is 5.68. The van der Waals surface area contributed by atoms with Gasteiger partial charge in [-0.2, -0.15) is 13.2 Å². The molecule has 0 amide bonds. The molecule has 1 aromatic carbocycles. The van der Waals surface area contributed by atoms with Crippen LogP contribution in [0.2, 0.25) is 0 Å². The fourth-order valence-corrected chi connectivity index (χ4v) is 3.24. The van der Waals surface area contributed by atoms with E-state index in [2.05, 4.69) is 6.92 Å². The third kappa shape index (κ3) is 5.37. The lowest BCUT2D eigenvalue weighted by Crippen LogP contribution is -2.12. The molecule has 3 heteroatoms. The van der Waals surface area contributed by atoms with Crippen molar-refractivity contribution in [1.82, 2.24) is 0 Å². The zero-order valence-corrected chi connectivity index (χ0v) is 12.8. The summed E-state index contributed by atoms with van der Waals surface area (Å²) < 4.78 is 37.4. The molecule has 0 N–H and O–H groups in total. The largest absolute Gasteiger partial charge is 0.416 e. The summed E-state index contributed by atoms with van der Waals surface area (Å²) >= 11 is 0. The fraction of sp³-hybridized carbons (Fsp3) is 0.667. The zero-order valence-electron chi connectivity index (χ0n) is 12.8. The third-order valence-corrected chi connectivity index (χ3v) is 4.74. The first kappa shape index (κ1) is 16.4. The Bertz CT molecular complexity index is 411. The molecule has 0 aliphatic heterocycles. The van der Waals surface area contributed by atoms with Gasteiger partial charge in [0.05, 0.1) is 5.56 Å². The van der Waals surface area contributed by atoms with Crippen LogP contribution >= 0.6 is 0 Å². The first-order valence-corrected chi connectivity index (χ1v) is 8.11. The van der Waals surface area contributed by atoms with E-state index < -0.39 is 11.7 Å². The van der Waals surface area contributed by atoms with Crippen molar-refractivity contribution in [3.8, 4) is 0 Å². The van der Waals surface area contributed by atoms with E-state index in [-0.39, 0.29) is 0 Å². The molecule has 0 aromatic heterocycles. The number of benzene rings is 1. The molecule has 118 valence electrons. The topological polar surface area (TPSA) is 0 Å². The maximum atomic E-state index is 12.5. The predicted molar refractivity (Wildman–Crippen MR) is 80.1 cm³/mol. The van der Waals surface area contributed by atoms with Crippen LogP contribution in [0.25, 0.3) is 0 Å². The lowest BCUT2D eigenvalue weighted by Gasteiger charge is -2.26. The lowest BCUT2D eigenvalue weighted by molar-refractivity contribution is -0.137. The highest BCUT2D eigenvalue weighted by Crippen LogP contribution is 2.32. The molecule has 1 saturated carbocycles. The van der Waals surface area contributed by atoms with Gasteiger partial charge in [0.15, 0.2) is 0 Å². The van der Waals surface area contributed by atoms with Crippen LogP contribution < -0.4 is 0 Å². The molecule has 1 aliphatic rings. The maximum absolute atomic E-state index is 12.5. The fourth-order valence-electron chi connectivity index (χ4n) is 3.24. The standard InChI is InChI=1S/C18H25F3/c1-14-6-8-15(9-7-14)4-2-3-5-16-10-12-17(13-11-16)18(19,20)21/h10-15H,2-9H2,1H3. The Hall–Kier alpha value is -0.990. The van der Waals surface area contributed by atoms with Gasteiger partial charge in [-0.05, 0) is 42.4 Å². The molecule has 0 heterocycles. The van der Waals surface area contributed by atoms with E-state index in [0.717, 1.165) is 30.2 Å². The molecule has 0 unspecified atom stereocenters. The summed E-state index contributed by atoms with van der Waals surface area (Å²) in [4.78, 5) is 0. The van der Waals surface area contributed by atoms with Gasteiger partial charge in [-0.15, -0.1) is 0 Å². The minimum absolute atomic E-state index is 0.553. The summed E-state index contributed by atoms with van der Waals surface area (Å²) in [7, 11) is 0. The first-order valence-electron chi connectivity index (χ1n) is 8.11. The smallest absolute Gasteiger partial charge is 0.166 e. The molecule has 0 saturated heterocycles. The number of halogens is 3. The number of hydrogen-bond acceptors (Lipinski definition) is 0. The first-order chi connectivity index (χ1) is 9.95. The van der Waals surface area contributed by atoms with Crippen molar-refractivity contribution in [2.45, 2.75) is 64.5 Å². The minimum Gasteiger partial charge on any atom is -0.166 e. The van der Waals surface area contributed by atoms with Gasteiger partial charge >= 0.3 is 6.18 Å². The quantitative estimate of drug-likeness (QED) is 0.564. The van der Waals surface area contributed by atoms with Crippen LogP contribution in [0.1, 0.15) is 63.0 Å². The van der Waals surface area contributed by atoms with Gasteiger partial charge in [0.1, 0.15) is 0 Å². The van der Waals surface area contributed by atoms with Crippen LogP contribution in [0.4, 0.5) is 13.2 Å². The summed E-state index contributed by atoms with van der Waals surface area (Å²) in [5.74, 6) is 1.78. The average Bonchev–Trinajstić information content (AvgIpc) is 2.45. The molecule has 0 bridgehead atoms. The van der Waals surface area contributed by atoms with Crippen LogP contribution in [0, 0.1) is 11.8 Å². The normalized spacial score (nSPS) is 23.2. The van der Waals surface area contributed by atoms with Gasteiger partial charge in [-0.1, -0.05) is 57.6 Å². The summed E-state index contributed by atoms with van der Waals surface area (Å²) in [5, 5.41) is 0. The molecule has 1 aromatic rings. The molecule has 1 aliphatic carbocycles. The lowest BCUT2D eigenvalue weighted by atomic mass is 9.80. The van der Waals surface area contributed by atoms with Crippen molar-refractivity contribution >= 4 is 0 Å². The SMILES string of the molecule is CC1CCC(CCCCc2ccc(C(F)(F)F)cc2)CC1. The van der Waals surface area contributed by atoms with Crippen molar-refractivity contribution in [1.29, 1.82) is 0 Å². The van der Waals surface area contributed by atoms with E-state index in [0.29, 0.717) is 0 Å². The average molecular weight is 298 g/mol. The summed E-state index contributed by atoms with van der Waals surface area (Å²) in [6.45, 7) is 2.33. The van der Waals surface area contributed by atoms with Crippen molar-refractivity contribution in [3.63, 3.8) is 0 Å². The molecule has 2 rings (SSSR count). The maximum Gasteiger partial charge on any atom is 0.416 e. The van der Waals surface area contributed by atoms with E-state index in [1.165, 1.54) is 50.7 Å². The molecular formula is C18H25F3. The molecule has 21 heavy (non-hydrogen) atoms. The monoisotopic (exact) mass is 298 g/mol. The number of unbranched alkanes of at least 4 members (excludes halogenated alkanes) is 1. The van der Waals surface area contributed by atoms with Crippen LogP contribution in [0.3, 0.4) is 0 Å². The Morgan fingerprint density at radius 1 is 0.952 bits per heavy atom. The molecule has 0 radical (unpaired) electrons. The Morgan fingerprint density at radius 3 is 2.14 bits per heavy atom. The van der Waals surface area contributed by atoms with E-state index in [1.807, 2.05) is 0 Å². The van der Waals surface area contributed by atoms with Crippen LogP contribution in [-0.4, -0.2) is 0 Å². The Morgan fingerprint density at radius 2 is 1.57 bits per heavy atom. The molecular weight excluding hydrogens is 273 g/mol. The van der Waals surface area contributed by atoms with Crippen LogP contribution in [0.15, 0.2) is 24.3 Å². The molecule has 0 spiro atoms. The van der Waals surface area contributed by atoms with Crippen molar-refractivity contribution in [2.24, 2.45) is 11.8 Å². The second-order valence-corrected chi connectivity index (χ2v) is 6.57. The highest BCUT2D eigenvalue weighted by Gasteiger charge is 2.29. The number of rotatable bonds is 5. The second-order valence-electron chi connectivity index (χ2n) is 6.57. The Kier molecular flexibility index (Phi) is 5.72. The summed E-state index contributed by atoms with van der Waals surface area (Å²) in [6, 6.07) is 5.62. The van der Waals surface area contributed by atoms with Crippen molar-refractivity contribution < 1.29 is 13.2 Å². The van der Waals surface area contributed by atoms with E-state index in [1.54, 1.807) is 12.1 Å². The zero-order chi connectivity index (χ0) is 15.3. The van der Waals surface area contributed by atoms with Gasteiger partial charge in [0, 0.05) is 0 Å². The minimum atomic E-state index is -4.23. The van der Waals surface area contributed by atoms with Crippen molar-refractivity contribution in [2.75, 3.05) is 0 Å². The van der Waals surface area contributed by atoms with Crippen LogP contribution in [-0.2, 0) is 12.6 Å². The molecule has 0 nitrogen and oxygen atoms in total. The number of hydrogen-bond donors (Lipinski definition) is 0. The highest BCUT2D eigenvalue weighted by molar-refractivity contribution is 5.24. The predicted octanol–water partition coefficient (Wildman–Crippen LogP) is 6.24. The molecule has 0 atom stereocenters. The highest BCUT2D eigenvalue weighted by atomic mass is 19.4. The van der Waals surface area contributed by atoms with Gasteiger partial charge in [0.25, 0.3) is 0 Å². The van der Waals surface area contributed by atoms with Crippen molar-refractivity contribution in [3.05, 3.63) is 35.4 Å². The summed E-state index contributed by atoms with van der Waals surface area (Å²) in [5.41, 5.74) is 0.461. The third-order valence-electron chi connectivity index (χ3n) is 4.74. The number of aryl methyl sites for hydroxylation is 1. The second kappa shape index (κ2) is 7.33. The van der Waals surface area contributed by atoms with E-state index in [9.17, 15) is 13.2 Å². The Balaban J connectivity index is 1.67. The van der Waals surface area contributed by atoms with Gasteiger partial charge in [-0.25, -0.2) is 0 Å². The van der Waals surface area contributed by atoms with E-state index in [4.69, 9.17) is 0 Å². The molecule has 1 fully saturated rings. The van der Waals surface area contributed by atoms with Gasteiger partial charge < -0.3 is 0 Å². The van der Waals surface area contributed by atoms with E-state index >= 15 is 0 Å². The van der Waals surface area contributed by atoms with Crippen LogP contribution in [0.5, 0.6) is 0 Å². The van der Waals surface area contributed by atoms with Gasteiger partial charge in [-0.3, -0.25) is 0 Å². The van der Waals surface area contributed by atoms with Gasteiger partial charge in [0.2, 0.25) is 0 Å².